The Bertz CT molecular complexity index is 1350. The second-order valence-corrected chi connectivity index (χ2v) is 10.0. The van der Waals surface area contributed by atoms with Gasteiger partial charge in [-0.1, -0.05) is 6.07 Å². The van der Waals surface area contributed by atoms with Gasteiger partial charge in [-0.2, -0.15) is 4.98 Å². The van der Waals surface area contributed by atoms with Gasteiger partial charge in [0.15, 0.2) is 11.4 Å². The average Bonchev–Trinajstić information content (AvgIpc) is 3.60. The van der Waals surface area contributed by atoms with Crippen molar-refractivity contribution in [1.82, 2.24) is 20.3 Å². The smallest absolute Gasteiger partial charge is 0.404 e. The van der Waals surface area contributed by atoms with Crippen LogP contribution in [0, 0.1) is 0 Å². The monoisotopic (exact) mass is 536 g/mol. The summed E-state index contributed by atoms with van der Waals surface area (Å²) >= 11 is 0. The number of carbonyl (C=O) groups is 2. The summed E-state index contributed by atoms with van der Waals surface area (Å²) in [4.78, 5) is 44.7. The standard InChI is InChI=1S/C26H32N8O5/c35-24(18-5-4-6-21(28-18)34-10-7-17(16-34)27-26(36)37)29-19-15-20-22(30-23(19)32-8-2-1-3-9-32)31-25(39-20)33-11-13-38-14-12-33/h4-6,15,17,27H,1-3,7-14,16H2,(H,29,35)(H,36,37). The zero-order chi connectivity index (χ0) is 26.8. The summed E-state index contributed by atoms with van der Waals surface area (Å²) < 4.78 is 11.5. The molecule has 3 aromatic rings. The molecule has 6 rings (SSSR count). The summed E-state index contributed by atoms with van der Waals surface area (Å²) in [7, 11) is 0. The Balaban J connectivity index is 1.26. The van der Waals surface area contributed by atoms with Crippen LogP contribution in [0.4, 0.5) is 28.1 Å². The number of piperidine rings is 1. The predicted molar refractivity (Wildman–Crippen MR) is 145 cm³/mol. The lowest BCUT2D eigenvalue weighted by Gasteiger charge is -2.29. The number of hydrogen-bond acceptors (Lipinski definition) is 10. The van der Waals surface area contributed by atoms with Gasteiger partial charge in [0, 0.05) is 45.3 Å². The van der Waals surface area contributed by atoms with Crippen LogP contribution in [0.15, 0.2) is 28.7 Å². The Kier molecular flexibility index (Phi) is 7.05. The third kappa shape index (κ3) is 5.53. The van der Waals surface area contributed by atoms with Crippen molar-refractivity contribution in [2.24, 2.45) is 0 Å². The molecule has 1 atom stereocenters. The van der Waals surface area contributed by atoms with Gasteiger partial charge >= 0.3 is 6.09 Å². The quantitative estimate of drug-likeness (QED) is 0.427. The van der Waals surface area contributed by atoms with E-state index in [9.17, 15) is 9.59 Å². The Morgan fingerprint density at radius 3 is 2.56 bits per heavy atom. The minimum Gasteiger partial charge on any atom is -0.465 e. The van der Waals surface area contributed by atoms with E-state index in [2.05, 4.69) is 25.5 Å². The summed E-state index contributed by atoms with van der Waals surface area (Å²) in [6.07, 6.45) is 2.92. The molecule has 6 heterocycles. The number of aromatic nitrogens is 3. The fourth-order valence-corrected chi connectivity index (χ4v) is 5.34. The maximum absolute atomic E-state index is 13.4. The summed E-state index contributed by atoms with van der Waals surface area (Å²) in [5, 5.41) is 14.6. The molecule has 0 aliphatic carbocycles. The number of morpholine rings is 1. The molecule has 13 nitrogen and oxygen atoms in total. The molecule has 3 fully saturated rings. The lowest BCUT2D eigenvalue weighted by Crippen LogP contribution is -2.36. The lowest BCUT2D eigenvalue weighted by atomic mass is 10.1. The molecule has 0 spiro atoms. The molecule has 3 aliphatic heterocycles. The highest BCUT2D eigenvalue weighted by atomic mass is 16.5. The van der Waals surface area contributed by atoms with Crippen LogP contribution in [0.5, 0.6) is 0 Å². The number of fused-ring (bicyclic) bond motifs is 1. The third-order valence-corrected chi connectivity index (χ3v) is 7.34. The second kappa shape index (κ2) is 10.9. The van der Waals surface area contributed by atoms with Crippen LogP contribution in [-0.4, -0.2) is 90.6 Å². The van der Waals surface area contributed by atoms with Gasteiger partial charge < -0.3 is 39.6 Å². The Morgan fingerprint density at radius 1 is 0.949 bits per heavy atom. The number of nitrogens with zero attached hydrogens (tertiary/aromatic N) is 6. The first kappa shape index (κ1) is 25.2. The molecular weight excluding hydrogens is 504 g/mol. The van der Waals surface area contributed by atoms with Crippen LogP contribution in [0.3, 0.4) is 0 Å². The molecule has 3 aliphatic rings. The largest absolute Gasteiger partial charge is 0.465 e. The van der Waals surface area contributed by atoms with Gasteiger partial charge in [0.05, 0.1) is 24.9 Å². The molecule has 0 radical (unpaired) electrons. The maximum atomic E-state index is 13.4. The zero-order valence-electron chi connectivity index (χ0n) is 21.6. The van der Waals surface area contributed by atoms with Crippen molar-refractivity contribution in [3.63, 3.8) is 0 Å². The summed E-state index contributed by atoms with van der Waals surface area (Å²) in [5.74, 6) is 0.951. The van der Waals surface area contributed by atoms with E-state index in [1.807, 2.05) is 15.9 Å². The van der Waals surface area contributed by atoms with Gasteiger partial charge in [0.25, 0.3) is 11.9 Å². The Hall–Kier alpha value is -4.13. The number of ether oxygens (including phenoxy) is 1. The fraction of sp³-hybridized carbons (Fsp3) is 0.500. The number of anilines is 4. The minimum absolute atomic E-state index is 0.170. The van der Waals surface area contributed by atoms with E-state index in [1.54, 1.807) is 18.2 Å². The van der Waals surface area contributed by atoms with Crippen LogP contribution < -0.4 is 25.3 Å². The number of amides is 2. The predicted octanol–water partition coefficient (Wildman–Crippen LogP) is 2.54. The summed E-state index contributed by atoms with van der Waals surface area (Å²) in [6.45, 7) is 5.48. The molecule has 13 heteroatoms. The van der Waals surface area contributed by atoms with Crippen molar-refractivity contribution in [3.8, 4) is 0 Å². The molecule has 3 N–H and O–H groups in total. The van der Waals surface area contributed by atoms with Gasteiger partial charge in [-0.3, -0.25) is 4.79 Å². The van der Waals surface area contributed by atoms with Crippen molar-refractivity contribution in [1.29, 1.82) is 0 Å². The van der Waals surface area contributed by atoms with Crippen LogP contribution in [0.1, 0.15) is 36.2 Å². The molecule has 0 aromatic carbocycles. The fourth-order valence-electron chi connectivity index (χ4n) is 5.34. The molecule has 0 saturated carbocycles. The number of pyridine rings is 2. The lowest BCUT2D eigenvalue weighted by molar-refractivity contribution is 0.102. The molecule has 1 unspecified atom stereocenters. The van der Waals surface area contributed by atoms with Gasteiger partial charge in [-0.05, 0) is 37.8 Å². The first-order chi connectivity index (χ1) is 19.0. The highest BCUT2D eigenvalue weighted by Gasteiger charge is 2.26. The van der Waals surface area contributed by atoms with Gasteiger partial charge in [0.1, 0.15) is 11.5 Å². The van der Waals surface area contributed by atoms with Crippen molar-refractivity contribution in [2.45, 2.75) is 31.7 Å². The van der Waals surface area contributed by atoms with Crippen LogP contribution in [0.25, 0.3) is 11.2 Å². The normalized spacial score (nSPS) is 19.9. The summed E-state index contributed by atoms with van der Waals surface area (Å²) in [6, 6.07) is 7.41. The van der Waals surface area contributed by atoms with Crippen LogP contribution >= 0.6 is 0 Å². The van der Waals surface area contributed by atoms with E-state index in [0.29, 0.717) is 80.4 Å². The van der Waals surface area contributed by atoms with Crippen molar-refractivity contribution >= 4 is 46.6 Å². The molecule has 206 valence electrons. The van der Waals surface area contributed by atoms with E-state index in [4.69, 9.17) is 19.2 Å². The molecule has 3 aromatic heterocycles. The molecule has 39 heavy (non-hydrogen) atoms. The number of carbonyl (C=O) groups excluding carboxylic acids is 1. The van der Waals surface area contributed by atoms with Gasteiger partial charge in [-0.25, -0.2) is 14.8 Å². The number of oxazole rings is 1. The van der Waals surface area contributed by atoms with Crippen molar-refractivity contribution < 1.29 is 23.8 Å². The average molecular weight is 537 g/mol. The van der Waals surface area contributed by atoms with Crippen molar-refractivity contribution in [2.75, 3.05) is 72.5 Å². The summed E-state index contributed by atoms with van der Waals surface area (Å²) in [5.41, 5.74) is 1.83. The van der Waals surface area contributed by atoms with Crippen LogP contribution in [-0.2, 0) is 4.74 Å². The number of nitrogens with one attached hydrogen (secondary N) is 2. The molecule has 2 amide bonds. The number of hydrogen-bond donors (Lipinski definition) is 3. The van der Waals surface area contributed by atoms with E-state index >= 15 is 0 Å². The first-order valence-electron chi connectivity index (χ1n) is 13.5. The van der Waals surface area contributed by atoms with Gasteiger partial charge in [0.2, 0.25) is 5.65 Å². The number of carboxylic acid groups (broad SMARTS) is 1. The Morgan fingerprint density at radius 2 is 1.77 bits per heavy atom. The molecular formula is C26H32N8O5. The van der Waals surface area contributed by atoms with Gasteiger partial charge in [-0.15, -0.1) is 0 Å². The van der Waals surface area contributed by atoms with E-state index in [-0.39, 0.29) is 17.6 Å². The van der Waals surface area contributed by atoms with Crippen LogP contribution in [0.2, 0.25) is 0 Å². The highest BCUT2D eigenvalue weighted by molar-refractivity contribution is 6.05. The highest BCUT2D eigenvalue weighted by Crippen LogP contribution is 2.32. The number of rotatable bonds is 6. The molecule has 3 saturated heterocycles. The van der Waals surface area contributed by atoms with Crippen molar-refractivity contribution in [3.05, 3.63) is 30.0 Å². The molecule has 0 bridgehead atoms. The third-order valence-electron chi connectivity index (χ3n) is 7.34. The second-order valence-electron chi connectivity index (χ2n) is 10.0. The minimum atomic E-state index is -1.04. The van der Waals surface area contributed by atoms with E-state index in [1.165, 1.54) is 6.42 Å². The zero-order valence-corrected chi connectivity index (χ0v) is 21.6. The topological polar surface area (TPSA) is 149 Å². The Labute approximate surface area is 225 Å². The van der Waals surface area contributed by atoms with E-state index < -0.39 is 6.09 Å². The SMILES string of the molecule is O=C(O)NC1CCN(c2cccc(C(=O)Nc3cc4oc(N5CCOCC5)nc4nc3N3CCCCC3)n2)C1. The van der Waals surface area contributed by atoms with E-state index in [0.717, 1.165) is 25.9 Å². The maximum Gasteiger partial charge on any atom is 0.404 e. The first-order valence-corrected chi connectivity index (χ1v) is 13.5.